The van der Waals surface area contributed by atoms with Crippen molar-refractivity contribution in [3.63, 3.8) is 0 Å². The Labute approximate surface area is 223 Å². The quantitative estimate of drug-likeness (QED) is 0.513. The molecular weight excluding hydrogens is 510 g/mol. The van der Waals surface area contributed by atoms with Crippen molar-refractivity contribution in [2.75, 3.05) is 6.61 Å². The minimum absolute atomic E-state index is 0.00598. The summed E-state index contributed by atoms with van der Waals surface area (Å²) < 4.78 is 12.7. The van der Waals surface area contributed by atoms with Crippen LogP contribution in [0.5, 0.6) is 5.75 Å². The van der Waals surface area contributed by atoms with E-state index in [0.717, 1.165) is 4.90 Å². The molecule has 39 heavy (non-hydrogen) atoms. The van der Waals surface area contributed by atoms with Crippen LogP contribution in [0, 0.1) is 5.41 Å². The number of fused-ring (bicyclic) bond motifs is 1. The zero-order chi connectivity index (χ0) is 28.1. The van der Waals surface area contributed by atoms with Gasteiger partial charge >= 0.3 is 6.09 Å². The summed E-state index contributed by atoms with van der Waals surface area (Å²) in [5.74, 6) is -2.95. The van der Waals surface area contributed by atoms with Gasteiger partial charge in [-0.25, -0.2) is 4.79 Å². The monoisotopic (exact) mass is 539 g/mol. The fourth-order valence-electron chi connectivity index (χ4n) is 4.86. The third kappa shape index (κ3) is 4.78. The molecule has 0 radical (unpaired) electrons. The molecule has 1 aliphatic carbocycles. The van der Waals surface area contributed by atoms with Crippen molar-refractivity contribution in [2.24, 2.45) is 5.41 Å². The van der Waals surface area contributed by atoms with Gasteiger partial charge in [0, 0.05) is 13.2 Å². The smallest absolute Gasteiger partial charge is 0.424 e. The molecule has 5 amide bonds. The molecule has 0 bridgehead atoms. The van der Waals surface area contributed by atoms with E-state index in [9.17, 15) is 24.0 Å². The number of rotatable bonds is 7. The van der Waals surface area contributed by atoms with Crippen LogP contribution in [0.25, 0.3) is 0 Å². The second kappa shape index (κ2) is 9.56. The molecule has 1 unspecified atom stereocenters. The Balaban J connectivity index is 1.39. The van der Waals surface area contributed by atoms with Crippen LogP contribution < -0.4 is 4.74 Å². The molecule has 2 aliphatic heterocycles. The molecule has 13 nitrogen and oxygen atoms in total. The first kappa shape index (κ1) is 26.5. The van der Waals surface area contributed by atoms with Gasteiger partial charge in [0.2, 0.25) is 5.91 Å². The minimum atomic E-state index is -1.34. The summed E-state index contributed by atoms with van der Waals surface area (Å²) in [6, 6.07) is 3.21. The fraction of sp³-hybridized carbons (Fsp3) is 0.500. The largest absolute Gasteiger partial charge is 0.486 e. The lowest BCUT2D eigenvalue weighted by molar-refractivity contribution is -0.155. The SMILES string of the molecule is CC(C)(C)OC(=O)N1C(=O)C(N2C(=O)c3cccc(OCc4cn(CCCO)nn4)c3C2=O)CC2(CC2)C1=O. The van der Waals surface area contributed by atoms with Gasteiger partial charge in [-0.3, -0.25) is 28.8 Å². The first-order valence-corrected chi connectivity index (χ1v) is 12.7. The number of amides is 5. The van der Waals surface area contributed by atoms with E-state index in [2.05, 4.69) is 10.3 Å². The van der Waals surface area contributed by atoms with E-state index in [-0.39, 0.29) is 36.5 Å². The second-order valence-electron chi connectivity index (χ2n) is 11.0. The van der Waals surface area contributed by atoms with Gasteiger partial charge in [-0.2, -0.15) is 4.90 Å². The van der Waals surface area contributed by atoms with E-state index in [1.54, 1.807) is 37.7 Å². The van der Waals surface area contributed by atoms with Gasteiger partial charge in [0.25, 0.3) is 17.7 Å². The molecule has 3 heterocycles. The normalized spacial score (nSPS) is 20.1. The van der Waals surface area contributed by atoms with Crippen LogP contribution in [0.15, 0.2) is 24.4 Å². The predicted molar refractivity (Wildman–Crippen MR) is 131 cm³/mol. The van der Waals surface area contributed by atoms with Crippen LogP contribution in [0.1, 0.15) is 72.9 Å². The molecule has 1 saturated carbocycles. The Morgan fingerprint density at radius 2 is 1.90 bits per heavy atom. The van der Waals surface area contributed by atoms with E-state index in [1.807, 2.05) is 0 Å². The van der Waals surface area contributed by atoms with E-state index >= 15 is 0 Å². The number of aliphatic hydroxyl groups excluding tert-OH is 1. The van der Waals surface area contributed by atoms with Crippen molar-refractivity contribution < 1.29 is 38.6 Å². The number of aromatic nitrogens is 3. The maximum atomic E-state index is 13.6. The number of hydrogen-bond acceptors (Lipinski definition) is 10. The summed E-state index contributed by atoms with van der Waals surface area (Å²) in [4.78, 5) is 67.8. The molecule has 1 atom stereocenters. The van der Waals surface area contributed by atoms with Crippen molar-refractivity contribution in [3.05, 3.63) is 41.2 Å². The molecule has 1 saturated heterocycles. The molecular formula is C26H29N5O8. The number of benzene rings is 1. The highest BCUT2D eigenvalue weighted by Gasteiger charge is 2.63. The van der Waals surface area contributed by atoms with Gasteiger partial charge in [0.1, 0.15) is 29.7 Å². The maximum Gasteiger partial charge on any atom is 0.424 e. The molecule has 1 spiro atoms. The maximum absolute atomic E-state index is 13.6. The van der Waals surface area contributed by atoms with E-state index < -0.39 is 46.8 Å². The topological polar surface area (TPSA) is 161 Å². The molecule has 1 N–H and O–H groups in total. The molecule has 13 heteroatoms. The summed E-state index contributed by atoms with van der Waals surface area (Å²) in [5.41, 5.74) is -1.43. The lowest BCUT2D eigenvalue weighted by Crippen LogP contribution is -2.61. The number of piperidine rings is 1. The number of aliphatic hydroxyl groups is 1. The number of likely N-dealkylation sites (tertiary alicyclic amines) is 1. The van der Waals surface area contributed by atoms with Crippen molar-refractivity contribution in [1.82, 2.24) is 24.8 Å². The predicted octanol–water partition coefficient (Wildman–Crippen LogP) is 1.68. The van der Waals surface area contributed by atoms with Crippen LogP contribution in [0.3, 0.4) is 0 Å². The fourth-order valence-corrected chi connectivity index (χ4v) is 4.86. The number of imide groups is 4. The van der Waals surface area contributed by atoms with E-state index in [0.29, 0.717) is 36.4 Å². The molecule has 2 fully saturated rings. The summed E-state index contributed by atoms with van der Waals surface area (Å²) in [5, 5.41) is 16.9. The number of ether oxygens (including phenoxy) is 2. The Kier molecular flexibility index (Phi) is 6.49. The highest BCUT2D eigenvalue weighted by Crippen LogP contribution is 2.54. The van der Waals surface area contributed by atoms with Gasteiger partial charge in [-0.05, 0) is 58.6 Å². The zero-order valence-electron chi connectivity index (χ0n) is 21.9. The van der Waals surface area contributed by atoms with Crippen molar-refractivity contribution in [2.45, 2.75) is 71.2 Å². The third-order valence-electron chi connectivity index (χ3n) is 6.90. The molecule has 2 aromatic rings. The van der Waals surface area contributed by atoms with Crippen molar-refractivity contribution >= 4 is 29.7 Å². The van der Waals surface area contributed by atoms with Crippen LogP contribution in [0.4, 0.5) is 4.79 Å². The molecule has 1 aromatic carbocycles. The average Bonchev–Trinajstić information content (AvgIpc) is 3.42. The Morgan fingerprint density at radius 3 is 2.56 bits per heavy atom. The minimum Gasteiger partial charge on any atom is -0.486 e. The van der Waals surface area contributed by atoms with E-state index in [1.165, 1.54) is 12.1 Å². The van der Waals surface area contributed by atoms with Crippen molar-refractivity contribution in [3.8, 4) is 5.75 Å². The first-order valence-electron chi connectivity index (χ1n) is 12.7. The second-order valence-corrected chi connectivity index (χ2v) is 11.0. The Bertz CT molecular complexity index is 1370. The van der Waals surface area contributed by atoms with Gasteiger partial charge in [0.05, 0.1) is 22.7 Å². The third-order valence-corrected chi connectivity index (χ3v) is 6.90. The summed E-state index contributed by atoms with van der Waals surface area (Å²) in [7, 11) is 0. The number of hydrogen-bond donors (Lipinski definition) is 1. The van der Waals surface area contributed by atoms with Gasteiger partial charge in [-0.15, -0.1) is 5.10 Å². The van der Waals surface area contributed by atoms with Gasteiger partial charge in [-0.1, -0.05) is 11.3 Å². The molecule has 3 aliphatic rings. The number of carbonyl (C=O) groups is 5. The lowest BCUT2D eigenvalue weighted by atomic mass is 9.89. The summed E-state index contributed by atoms with van der Waals surface area (Å²) >= 11 is 0. The summed E-state index contributed by atoms with van der Waals surface area (Å²) in [6.45, 7) is 5.28. The van der Waals surface area contributed by atoms with Crippen LogP contribution in [-0.4, -0.2) is 77.9 Å². The average molecular weight is 540 g/mol. The molecule has 1 aromatic heterocycles. The van der Waals surface area contributed by atoms with Crippen LogP contribution in [0.2, 0.25) is 0 Å². The van der Waals surface area contributed by atoms with E-state index in [4.69, 9.17) is 14.6 Å². The molecule has 5 rings (SSSR count). The highest BCUT2D eigenvalue weighted by molar-refractivity contribution is 6.25. The molecule has 206 valence electrons. The Hall–Kier alpha value is -4.13. The number of carbonyl (C=O) groups excluding carboxylic acids is 5. The first-order chi connectivity index (χ1) is 18.5. The lowest BCUT2D eigenvalue weighted by Gasteiger charge is -2.38. The highest BCUT2D eigenvalue weighted by atomic mass is 16.6. The number of nitrogens with zero attached hydrogens (tertiary/aromatic N) is 5. The van der Waals surface area contributed by atoms with Crippen molar-refractivity contribution in [1.29, 1.82) is 0 Å². The van der Waals surface area contributed by atoms with Gasteiger partial charge < -0.3 is 14.6 Å². The van der Waals surface area contributed by atoms with Gasteiger partial charge in [0.15, 0.2) is 0 Å². The van der Waals surface area contributed by atoms with Crippen LogP contribution >= 0.6 is 0 Å². The summed E-state index contributed by atoms with van der Waals surface area (Å²) in [6.07, 6.45) is 1.86. The Morgan fingerprint density at radius 1 is 1.15 bits per heavy atom. The number of aryl methyl sites for hydroxylation is 1. The van der Waals surface area contributed by atoms with Crippen LogP contribution in [-0.2, 0) is 27.5 Å². The zero-order valence-corrected chi connectivity index (χ0v) is 21.9. The standard InChI is InChI=1S/C26H29N5O8/c1-25(2,3)39-24(37)31-21(34)17(12-26(8-9-26)23(31)36)30-20(33)16-6-4-7-18(19(16)22(30)35)38-14-15-13-29(28-27-15)10-5-11-32/h4,6-7,13,17,32H,5,8-12,14H2,1-3H3.